The van der Waals surface area contributed by atoms with Gasteiger partial charge in [-0.1, -0.05) is 71.1 Å². The van der Waals surface area contributed by atoms with Crippen molar-refractivity contribution in [2.24, 2.45) is 35.5 Å². The van der Waals surface area contributed by atoms with Gasteiger partial charge in [0.2, 0.25) is 5.79 Å². The molecule has 73 heavy (non-hydrogen) atoms. The van der Waals surface area contributed by atoms with E-state index in [1.807, 2.05) is 58.1 Å². The third kappa shape index (κ3) is 16.5. The van der Waals surface area contributed by atoms with Gasteiger partial charge in [0, 0.05) is 65.6 Å². The molecule has 1 amide bonds. The first-order chi connectivity index (χ1) is 34.8. The van der Waals surface area contributed by atoms with Crippen molar-refractivity contribution in [3.63, 3.8) is 0 Å². The molecule has 0 spiro atoms. The van der Waals surface area contributed by atoms with E-state index in [9.17, 15) is 29.1 Å². The summed E-state index contributed by atoms with van der Waals surface area (Å²) in [5, 5.41) is 12.2. The summed E-state index contributed by atoms with van der Waals surface area (Å²) in [6.45, 7) is 15.0. The first-order valence-electron chi connectivity index (χ1n) is 27.0. The maximum atomic E-state index is 14.6. The van der Waals surface area contributed by atoms with Gasteiger partial charge in [-0.3, -0.25) is 19.2 Å². The Hall–Kier alpha value is -3.45. The van der Waals surface area contributed by atoms with Crippen LogP contribution >= 0.6 is 0 Å². The van der Waals surface area contributed by atoms with Crippen molar-refractivity contribution < 1.29 is 71.7 Å². The molecular weight excluding hydrogens is 939 g/mol. The summed E-state index contributed by atoms with van der Waals surface area (Å²) >= 11 is 0. The van der Waals surface area contributed by atoms with Crippen LogP contribution in [0.15, 0.2) is 47.6 Å². The van der Waals surface area contributed by atoms with E-state index >= 15 is 0 Å². The molecule has 0 aromatic carbocycles. The average molecular weight is 1030 g/mol. The quantitative estimate of drug-likeness (QED) is 0.0888. The van der Waals surface area contributed by atoms with Crippen molar-refractivity contribution in [1.82, 2.24) is 4.90 Å². The normalized spacial score (nSPS) is 38.5. The molecule has 2 bridgehead atoms. The Kier molecular flexibility index (Phi) is 24.1. The second kappa shape index (κ2) is 29.2. The summed E-state index contributed by atoms with van der Waals surface area (Å²) in [4.78, 5) is 73.2. The van der Waals surface area contributed by atoms with Crippen molar-refractivity contribution in [2.75, 3.05) is 61.4 Å². The van der Waals surface area contributed by atoms with E-state index in [0.29, 0.717) is 63.9 Å². The van der Waals surface area contributed by atoms with Crippen LogP contribution < -0.4 is 0 Å². The fraction of sp³-hybridized carbons (Fsp3) is 0.772. The molecular formula is C57H89NO15. The van der Waals surface area contributed by atoms with Crippen LogP contribution in [0.1, 0.15) is 126 Å². The van der Waals surface area contributed by atoms with E-state index in [4.69, 9.17) is 42.6 Å². The maximum Gasteiger partial charge on any atom is 0.329 e. The largest absolute Gasteiger partial charge is 0.460 e. The number of carbonyl (C=O) groups is 5. The van der Waals surface area contributed by atoms with Crippen molar-refractivity contribution in [3.8, 4) is 0 Å². The van der Waals surface area contributed by atoms with Crippen LogP contribution in [0.4, 0.5) is 0 Å². The molecule has 0 unspecified atom stereocenters. The van der Waals surface area contributed by atoms with Gasteiger partial charge in [-0.05, 0) is 107 Å². The van der Waals surface area contributed by atoms with Gasteiger partial charge in [0.1, 0.15) is 36.2 Å². The van der Waals surface area contributed by atoms with Crippen LogP contribution in [0.5, 0.6) is 0 Å². The number of aliphatic hydroxyl groups is 1. The molecule has 4 fully saturated rings. The second-order valence-electron chi connectivity index (χ2n) is 21.7. The van der Waals surface area contributed by atoms with Crippen LogP contribution in [0.2, 0.25) is 0 Å². The first-order valence-corrected chi connectivity index (χ1v) is 27.0. The summed E-state index contributed by atoms with van der Waals surface area (Å²) in [5.41, 5.74) is 1.53. The zero-order valence-electron chi connectivity index (χ0n) is 45.8. The van der Waals surface area contributed by atoms with E-state index < -0.39 is 71.8 Å². The number of esters is 1. The molecule has 5 rings (SSSR count). The minimum absolute atomic E-state index is 0.0273. The zero-order chi connectivity index (χ0) is 53.4. The second-order valence-corrected chi connectivity index (χ2v) is 21.7. The number of cyclic esters (lactones) is 1. The number of carbonyl (C=O) groups excluding carboxylic acids is 5. The lowest BCUT2D eigenvalue weighted by atomic mass is 9.78. The lowest BCUT2D eigenvalue weighted by Gasteiger charge is -2.43. The molecule has 412 valence electrons. The van der Waals surface area contributed by atoms with Gasteiger partial charge in [0.05, 0.1) is 50.8 Å². The predicted molar refractivity (Wildman–Crippen MR) is 274 cm³/mol. The van der Waals surface area contributed by atoms with Crippen LogP contribution in [-0.2, 0) is 66.6 Å². The number of ether oxygens (including phenoxy) is 9. The smallest absolute Gasteiger partial charge is 0.329 e. The van der Waals surface area contributed by atoms with E-state index in [0.717, 1.165) is 24.8 Å². The van der Waals surface area contributed by atoms with E-state index in [1.54, 1.807) is 34.1 Å². The molecule has 4 aliphatic heterocycles. The Labute approximate surface area is 435 Å². The molecule has 15 atom stereocenters. The molecule has 3 saturated heterocycles. The summed E-state index contributed by atoms with van der Waals surface area (Å²) in [6.07, 6.45) is 13.8. The van der Waals surface area contributed by atoms with Crippen LogP contribution in [-0.4, -0.2) is 161 Å². The third-order valence-corrected chi connectivity index (χ3v) is 16.1. The Bertz CT molecular complexity index is 1940. The van der Waals surface area contributed by atoms with Gasteiger partial charge >= 0.3 is 5.97 Å². The predicted octanol–water partition coefficient (Wildman–Crippen LogP) is 7.27. The Balaban J connectivity index is 1.48. The average Bonchev–Trinajstić information content (AvgIpc) is 3.36. The van der Waals surface area contributed by atoms with Crippen molar-refractivity contribution in [1.29, 1.82) is 0 Å². The molecule has 16 heteroatoms. The number of piperidine rings is 1. The number of amides is 1. The molecule has 4 heterocycles. The number of rotatable bonds is 12. The zero-order valence-corrected chi connectivity index (χ0v) is 45.8. The molecule has 0 aromatic heterocycles. The minimum atomic E-state index is -2.45. The summed E-state index contributed by atoms with van der Waals surface area (Å²) < 4.78 is 53.4. The highest BCUT2D eigenvalue weighted by Gasteiger charge is 2.53. The number of allylic oxidation sites excluding steroid dienone is 6. The van der Waals surface area contributed by atoms with Crippen LogP contribution in [0, 0.1) is 35.5 Å². The van der Waals surface area contributed by atoms with Crippen molar-refractivity contribution in [3.05, 3.63) is 47.6 Å². The number of hydrogen-bond donors (Lipinski definition) is 1. The first kappa shape index (κ1) is 60.4. The number of methoxy groups -OCH3 is 4. The molecule has 1 N–H and O–H groups in total. The third-order valence-electron chi connectivity index (χ3n) is 16.1. The molecule has 1 saturated carbocycles. The van der Waals surface area contributed by atoms with E-state index in [1.165, 1.54) is 19.1 Å². The lowest BCUT2D eigenvalue weighted by molar-refractivity contribution is -0.266. The molecule has 16 nitrogen and oxygen atoms in total. The van der Waals surface area contributed by atoms with Crippen LogP contribution in [0.3, 0.4) is 0 Å². The SMILES string of the molecule is CO[C@@H]1/C(C)=C/[C@@H](C)C(=O)C[C@@H]([C@H](C)C[C@@H]2CC[C@@H](OC)[C@H](OC)C2)OC(=O)[C@@H]2CCCCN2C(=O)C(=O)[C@]2(O)O[C@@H](CC[C@H]2C)C[C@@H](OCCOC2COC2)/C(C)=C/C=C/C=C/[C@@H](C)C[C@@H](C)C(=O)[C@@H]1OC. The standard InChI is InChI=1S/C57H89NO15/c1-35-17-13-12-14-18-36(2)48(71-26-25-70-44-33-69-34-44)31-43-22-20-41(7)57(64,73-43)54(61)55(62)58-24-16-15-19-45(58)56(63)72-49(38(4)29-42-21-23-47(65-8)50(30-42)66-9)32-46(59)37(3)28-40(6)52(67-10)53(68-11)51(60)39(5)27-35/h12-14,17-18,28,35,37-39,41-45,47-50,52-53,64H,15-16,19-27,29-34H2,1-11H3/b14-12+,17-13+,36-18+,40-28+/t35-,37-,38-,39-,41-,42+,43+,45+,47-,48-,49+,50-,52-,53+,57-/m1/s1. The highest BCUT2D eigenvalue weighted by Crippen LogP contribution is 2.38. The number of hydrogen-bond acceptors (Lipinski definition) is 15. The minimum Gasteiger partial charge on any atom is -0.460 e. The van der Waals surface area contributed by atoms with Crippen molar-refractivity contribution >= 4 is 29.2 Å². The number of Topliss-reactive ketones (excluding diaryl/α,β-unsaturated/α-hetero) is 3. The summed E-state index contributed by atoms with van der Waals surface area (Å²) in [7, 11) is 6.37. The number of ketones is 3. The van der Waals surface area contributed by atoms with E-state index in [2.05, 4.69) is 6.92 Å². The Morgan fingerprint density at radius 2 is 1.49 bits per heavy atom. The highest BCUT2D eigenvalue weighted by molar-refractivity contribution is 6.39. The summed E-state index contributed by atoms with van der Waals surface area (Å²) in [6, 6.07) is -1.13. The van der Waals surface area contributed by atoms with Gasteiger partial charge in [-0.2, -0.15) is 0 Å². The maximum absolute atomic E-state index is 14.6. The monoisotopic (exact) mass is 1030 g/mol. The lowest BCUT2D eigenvalue weighted by Crippen LogP contribution is -2.61. The molecule has 0 radical (unpaired) electrons. The fourth-order valence-corrected chi connectivity index (χ4v) is 11.3. The molecule has 0 aromatic rings. The fourth-order valence-electron chi connectivity index (χ4n) is 11.3. The van der Waals surface area contributed by atoms with Gasteiger partial charge in [-0.25, -0.2) is 4.79 Å². The highest BCUT2D eigenvalue weighted by atomic mass is 16.6. The van der Waals surface area contributed by atoms with Gasteiger partial charge < -0.3 is 52.6 Å². The summed E-state index contributed by atoms with van der Waals surface area (Å²) in [5.74, 6) is -7.40. The van der Waals surface area contributed by atoms with Gasteiger partial charge in [-0.15, -0.1) is 0 Å². The van der Waals surface area contributed by atoms with E-state index in [-0.39, 0.29) is 86.0 Å². The number of fused-ring (bicyclic) bond motifs is 3. The van der Waals surface area contributed by atoms with Crippen molar-refractivity contribution in [2.45, 2.75) is 186 Å². The van der Waals surface area contributed by atoms with Gasteiger partial charge in [0.15, 0.2) is 5.78 Å². The Morgan fingerprint density at radius 3 is 2.16 bits per heavy atom. The van der Waals surface area contributed by atoms with Crippen LogP contribution in [0.25, 0.3) is 0 Å². The van der Waals surface area contributed by atoms with Gasteiger partial charge in [0.25, 0.3) is 11.7 Å². The molecule has 5 aliphatic rings. The topological polar surface area (TPSA) is 192 Å². The number of nitrogens with zero attached hydrogens (tertiary/aromatic N) is 1. The molecule has 1 aliphatic carbocycles. The Morgan fingerprint density at radius 1 is 0.781 bits per heavy atom.